The minimum Gasteiger partial charge on any atom is -0.376 e. The Labute approximate surface area is 88.9 Å². The van der Waals surface area contributed by atoms with Crippen molar-refractivity contribution in [1.29, 1.82) is 0 Å². The van der Waals surface area contributed by atoms with Gasteiger partial charge in [0.1, 0.15) is 0 Å². The lowest BCUT2D eigenvalue weighted by atomic mass is 10.2. The SMILES string of the molecule is CC(CCCl)NC(=O)C1COCCO1. The molecule has 1 saturated heterocycles. The third-order valence-corrected chi connectivity index (χ3v) is 2.26. The van der Waals surface area contributed by atoms with Gasteiger partial charge in [-0.05, 0) is 13.3 Å². The van der Waals surface area contributed by atoms with Crippen LogP contribution in [0, 0.1) is 0 Å². The van der Waals surface area contributed by atoms with Crippen molar-refractivity contribution in [2.45, 2.75) is 25.5 Å². The van der Waals surface area contributed by atoms with E-state index in [1.807, 2.05) is 6.92 Å². The number of hydrogen-bond acceptors (Lipinski definition) is 3. The highest BCUT2D eigenvalue weighted by molar-refractivity contribution is 6.17. The van der Waals surface area contributed by atoms with Crippen LogP contribution in [0.15, 0.2) is 0 Å². The van der Waals surface area contributed by atoms with Gasteiger partial charge in [-0.3, -0.25) is 4.79 Å². The van der Waals surface area contributed by atoms with Crippen molar-refractivity contribution in [2.75, 3.05) is 25.7 Å². The van der Waals surface area contributed by atoms with Crippen LogP contribution in [0.3, 0.4) is 0 Å². The standard InChI is InChI=1S/C9H16ClNO3/c1-7(2-3-10)11-9(12)8-6-13-4-5-14-8/h7-8H,2-6H2,1H3,(H,11,12). The number of carbonyl (C=O) groups excluding carboxylic acids is 1. The summed E-state index contributed by atoms with van der Waals surface area (Å²) in [5.74, 6) is 0.436. The summed E-state index contributed by atoms with van der Waals surface area (Å²) in [4.78, 5) is 11.5. The fourth-order valence-corrected chi connectivity index (χ4v) is 1.54. The Morgan fingerprint density at radius 2 is 2.43 bits per heavy atom. The molecular weight excluding hydrogens is 206 g/mol. The molecule has 14 heavy (non-hydrogen) atoms. The van der Waals surface area contributed by atoms with Gasteiger partial charge in [-0.25, -0.2) is 0 Å². The molecule has 0 radical (unpaired) electrons. The fourth-order valence-electron chi connectivity index (χ4n) is 1.21. The van der Waals surface area contributed by atoms with Crippen LogP contribution in [0.1, 0.15) is 13.3 Å². The Bertz CT molecular complexity index is 183. The molecule has 2 atom stereocenters. The molecule has 1 heterocycles. The fraction of sp³-hybridized carbons (Fsp3) is 0.889. The van der Waals surface area contributed by atoms with Gasteiger partial charge in [0.2, 0.25) is 0 Å². The van der Waals surface area contributed by atoms with Crippen LogP contribution < -0.4 is 5.32 Å². The molecule has 82 valence electrons. The van der Waals surface area contributed by atoms with Gasteiger partial charge in [-0.15, -0.1) is 11.6 Å². The predicted molar refractivity (Wildman–Crippen MR) is 53.5 cm³/mol. The molecular formula is C9H16ClNO3. The smallest absolute Gasteiger partial charge is 0.251 e. The van der Waals surface area contributed by atoms with Gasteiger partial charge in [0.05, 0.1) is 19.8 Å². The first-order chi connectivity index (χ1) is 6.74. The topological polar surface area (TPSA) is 47.6 Å². The van der Waals surface area contributed by atoms with Crippen LogP contribution in [-0.2, 0) is 14.3 Å². The summed E-state index contributed by atoms with van der Waals surface area (Å²) < 4.78 is 10.4. The highest BCUT2D eigenvalue weighted by Gasteiger charge is 2.23. The van der Waals surface area contributed by atoms with Gasteiger partial charge in [-0.1, -0.05) is 0 Å². The van der Waals surface area contributed by atoms with E-state index in [1.165, 1.54) is 0 Å². The molecule has 0 aliphatic carbocycles. The first-order valence-corrected chi connectivity index (χ1v) is 5.33. The Morgan fingerprint density at radius 1 is 1.64 bits per heavy atom. The summed E-state index contributed by atoms with van der Waals surface area (Å²) in [6, 6.07) is 0.0885. The first-order valence-electron chi connectivity index (χ1n) is 4.79. The average Bonchev–Trinajstić information content (AvgIpc) is 2.19. The van der Waals surface area contributed by atoms with E-state index in [4.69, 9.17) is 21.1 Å². The lowest BCUT2D eigenvalue weighted by molar-refractivity contribution is -0.148. The highest BCUT2D eigenvalue weighted by atomic mass is 35.5. The zero-order valence-corrected chi connectivity index (χ0v) is 9.05. The molecule has 1 aliphatic heterocycles. The third-order valence-electron chi connectivity index (χ3n) is 2.04. The zero-order chi connectivity index (χ0) is 10.4. The number of amides is 1. The first kappa shape index (κ1) is 11.8. The van der Waals surface area contributed by atoms with Crippen molar-refractivity contribution in [3.05, 3.63) is 0 Å². The van der Waals surface area contributed by atoms with Crippen molar-refractivity contribution < 1.29 is 14.3 Å². The van der Waals surface area contributed by atoms with E-state index >= 15 is 0 Å². The van der Waals surface area contributed by atoms with E-state index < -0.39 is 6.10 Å². The van der Waals surface area contributed by atoms with E-state index in [0.29, 0.717) is 25.7 Å². The second kappa shape index (κ2) is 6.22. The van der Waals surface area contributed by atoms with Crippen molar-refractivity contribution in [3.63, 3.8) is 0 Å². The summed E-state index contributed by atoms with van der Waals surface area (Å²) in [6.07, 6.45) is 0.308. The molecule has 1 rings (SSSR count). The van der Waals surface area contributed by atoms with E-state index in [0.717, 1.165) is 6.42 Å². The molecule has 0 spiro atoms. The van der Waals surface area contributed by atoms with Crippen LogP contribution in [0.4, 0.5) is 0 Å². The second-order valence-electron chi connectivity index (χ2n) is 3.32. The van der Waals surface area contributed by atoms with E-state index in [1.54, 1.807) is 0 Å². The number of hydrogen-bond donors (Lipinski definition) is 1. The van der Waals surface area contributed by atoms with Crippen LogP contribution in [0.5, 0.6) is 0 Å². The Hall–Kier alpha value is -0.320. The summed E-state index contributed by atoms with van der Waals surface area (Å²) >= 11 is 5.56. The maximum absolute atomic E-state index is 11.5. The number of carbonyl (C=O) groups is 1. The lowest BCUT2D eigenvalue weighted by Crippen LogP contribution is -2.45. The van der Waals surface area contributed by atoms with Gasteiger partial charge in [0.15, 0.2) is 6.10 Å². The number of nitrogens with one attached hydrogen (secondary N) is 1. The molecule has 5 heteroatoms. The molecule has 4 nitrogen and oxygen atoms in total. The van der Waals surface area contributed by atoms with Crippen LogP contribution in [0.2, 0.25) is 0 Å². The molecule has 0 bridgehead atoms. The van der Waals surface area contributed by atoms with Crippen LogP contribution >= 0.6 is 11.6 Å². The molecule has 1 N–H and O–H groups in total. The monoisotopic (exact) mass is 221 g/mol. The summed E-state index contributed by atoms with van der Waals surface area (Å²) in [6.45, 7) is 3.33. The normalized spacial score (nSPS) is 24.3. The van der Waals surface area contributed by atoms with E-state index in [9.17, 15) is 4.79 Å². The Balaban J connectivity index is 2.25. The number of ether oxygens (including phenoxy) is 2. The van der Waals surface area contributed by atoms with Gasteiger partial charge in [0.25, 0.3) is 5.91 Å². The van der Waals surface area contributed by atoms with Gasteiger partial charge in [0, 0.05) is 11.9 Å². The molecule has 0 aromatic carbocycles. The van der Waals surface area contributed by atoms with Crippen LogP contribution in [-0.4, -0.2) is 43.8 Å². The molecule has 1 amide bonds. The molecule has 0 aromatic heterocycles. The van der Waals surface area contributed by atoms with Crippen molar-refractivity contribution >= 4 is 17.5 Å². The molecule has 1 fully saturated rings. The molecule has 0 aromatic rings. The predicted octanol–water partition coefficient (Wildman–Crippen LogP) is 0.535. The maximum Gasteiger partial charge on any atom is 0.251 e. The average molecular weight is 222 g/mol. The lowest BCUT2D eigenvalue weighted by Gasteiger charge is -2.23. The summed E-state index contributed by atoms with van der Waals surface area (Å²) in [5, 5.41) is 2.82. The van der Waals surface area contributed by atoms with Crippen molar-refractivity contribution in [1.82, 2.24) is 5.32 Å². The highest BCUT2D eigenvalue weighted by Crippen LogP contribution is 2.02. The molecule has 0 saturated carbocycles. The van der Waals surface area contributed by atoms with Crippen molar-refractivity contribution in [2.24, 2.45) is 0 Å². The maximum atomic E-state index is 11.5. The number of halogens is 1. The van der Waals surface area contributed by atoms with Crippen LogP contribution in [0.25, 0.3) is 0 Å². The Morgan fingerprint density at radius 3 is 3.00 bits per heavy atom. The minimum absolute atomic E-state index is 0.0885. The van der Waals surface area contributed by atoms with E-state index in [2.05, 4.69) is 5.32 Å². The molecule has 2 unspecified atom stereocenters. The quantitative estimate of drug-likeness (QED) is 0.705. The van der Waals surface area contributed by atoms with Gasteiger partial charge < -0.3 is 14.8 Å². The number of alkyl halides is 1. The summed E-state index contributed by atoms with van der Waals surface area (Å²) in [5.41, 5.74) is 0. The molecule has 1 aliphatic rings. The minimum atomic E-state index is -0.457. The van der Waals surface area contributed by atoms with E-state index in [-0.39, 0.29) is 11.9 Å². The number of rotatable bonds is 4. The summed E-state index contributed by atoms with van der Waals surface area (Å²) in [7, 11) is 0. The second-order valence-corrected chi connectivity index (χ2v) is 3.70. The zero-order valence-electron chi connectivity index (χ0n) is 8.29. The third kappa shape index (κ3) is 3.82. The van der Waals surface area contributed by atoms with Gasteiger partial charge >= 0.3 is 0 Å². The largest absolute Gasteiger partial charge is 0.376 e. The Kier molecular flexibility index (Phi) is 5.22. The van der Waals surface area contributed by atoms with Gasteiger partial charge in [-0.2, -0.15) is 0 Å². The van der Waals surface area contributed by atoms with Crippen molar-refractivity contribution in [3.8, 4) is 0 Å².